The van der Waals surface area contributed by atoms with Crippen molar-refractivity contribution < 1.29 is 28.6 Å². The first-order valence-corrected chi connectivity index (χ1v) is 14.4. The van der Waals surface area contributed by atoms with Gasteiger partial charge in [-0.05, 0) is 54.7 Å². The summed E-state index contributed by atoms with van der Waals surface area (Å²) >= 11 is 0. The largest absolute Gasteiger partial charge is 0.493 e. The number of nitrogens with one attached hydrogen (secondary N) is 2. The van der Waals surface area contributed by atoms with Crippen LogP contribution < -0.4 is 15.4 Å². The molecule has 0 saturated carbocycles. The monoisotopic (exact) mass is 591 g/mol. The zero-order valence-electron chi connectivity index (χ0n) is 23.8. The number of aliphatic carboxylic acids is 1. The van der Waals surface area contributed by atoms with E-state index in [0.717, 1.165) is 41.8 Å². The number of furan rings is 1. The molecule has 43 heavy (non-hydrogen) atoms. The van der Waals surface area contributed by atoms with Gasteiger partial charge in [0.1, 0.15) is 11.3 Å². The number of urea groups is 1. The van der Waals surface area contributed by atoms with Crippen LogP contribution in [0.4, 0.5) is 4.79 Å². The van der Waals surface area contributed by atoms with Crippen molar-refractivity contribution in [3.63, 3.8) is 0 Å². The number of aryl methyl sites for hydroxylation is 1. The Hall–Kier alpha value is -4.54. The maximum absolute atomic E-state index is 13.0. The van der Waals surface area contributed by atoms with Gasteiger partial charge in [0.15, 0.2) is 5.96 Å². The Balaban J connectivity index is 0.000000323. The van der Waals surface area contributed by atoms with Crippen molar-refractivity contribution in [3.8, 4) is 5.75 Å². The molecule has 4 heterocycles. The van der Waals surface area contributed by atoms with Gasteiger partial charge in [0.05, 0.1) is 25.3 Å². The Morgan fingerprint density at radius 3 is 2.81 bits per heavy atom. The van der Waals surface area contributed by atoms with Crippen molar-refractivity contribution in [3.05, 3.63) is 65.4 Å². The minimum atomic E-state index is -0.960. The summed E-state index contributed by atoms with van der Waals surface area (Å²) in [5.74, 6) is 0.186. The molecule has 230 valence electrons. The molecule has 3 N–H and O–H groups in total. The number of rotatable bonds is 8. The van der Waals surface area contributed by atoms with Crippen molar-refractivity contribution in [1.29, 1.82) is 0 Å². The van der Waals surface area contributed by atoms with Gasteiger partial charge in [-0.3, -0.25) is 19.9 Å². The molecule has 6 rings (SSSR count). The van der Waals surface area contributed by atoms with E-state index in [4.69, 9.17) is 9.15 Å². The highest BCUT2D eigenvalue weighted by Crippen LogP contribution is 2.34. The average Bonchev–Trinajstić information content (AvgIpc) is 3.72. The van der Waals surface area contributed by atoms with E-state index in [2.05, 4.69) is 34.7 Å². The van der Waals surface area contributed by atoms with Crippen LogP contribution in [-0.2, 0) is 16.0 Å². The van der Waals surface area contributed by atoms with E-state index in [1.165, 1.54) is 10.9 Å². The molecule has 3 amide bonds. The van der Waals surface area contributed by atoms with Gasteiger partial charge >= 0.3 is 12.0 Å². The molecular formula is C32H41N5O6. The van der Waals surface area contributed by atoms with Gasteiger partial charge in [-0.1, -0.05) is 31.7 Å². The van der Waals surface area contributed by atoms with Crippen LogP contribution in [0.25, 0.3) is 11.0 Å². The van der Waals surface area contributed by atoms with Crippen molar-refractivity contribution >= 4 is 34.8 Å². The molecule has 11 nitrogen and oxygen atoms in total. The number of hydrogen-bond acceptors (Lipinski definition) is 7. The lowest BCUT2D eigenvalue weighted by Gasteiger charge is -2.27. The van der Waals surface area contributed by atoms with E-state index in [1.807, 2.05) is 30.3 Å². The van der Waals surface area contributed by atoms with E-state index >= 15 is 0 Å². The number of aliphatic imine (C=N–C) groups is 1. The molecule has 0 spiro atoms. The number of benzene rings is 2. The molecule has 3 aliphatic heterocycles. The summed E-state index contributed by atoms with van der Waals surface area (Å²) in [7, 11) is 0. The third kappa shape index (κ3) is 8.06. The number of carbonyl (C=O) groups excluding carboxylic acids is 2. The number of guanidine groups is 1. The standard InChI is InChI=1S/C22H29N5O5.C9H8O.CH4/c28-19(25-21-23-7-2-8-24-21)3-1-9-26-10-11-27(22(26)31)17(14-20(29)30)16-5-4-15-6-12-32-18(15)13-16;1-7-2-3-8-4-5-10-9(8)6-7;/h4-5,13,17H,1-3,6-12,14H2,(H,29,30)(H2,23,24,25,28);2-6H,1H3;1H4. The van der Waals surface area contributed by atoms with Gasteiger partial charge in [-0.2, -0.15) is 0 Å². The Bertz CT molecular complexity index is 1470. The fourth-order valence-electron chi connectivity index (χ4n) is 5.36. The van der Waals surface area contributed by atoms with Crippen LogP contribution in [0.5, 0.6) is 5.75 Å². The molecule has 3 aromatic rings. The number of carboxylic acids is 1. The van der Waals surface area contributed by atoms with E-state index in [0.29, 0.717) is 45.2 Å². The van der Waals surface area contributed by atoms with Crippen molar-refractivity contribution in [2.24, 2.45) is 4.99 Å². The number of hydrogen-bond donors (Lipinski definition) is 3. The Morgan fingerprint density at radius 1 is 1.16 bits per heavy atom. The van der Waals surface area contributed by atoms with Gasteiger partial charge in [0.2, 0.25) is 5.91 Å². The Kier molecular flexibility index (Phi) is 10.6. The number of ether oxygens (including phenoxy) is 1. The summed E-state index contributed by atoms with van der Waals surface area (Å²) < 4.78 is 10.8. The third-order valence-corrected chi connectivity index (χ3v) is 7.57. The van der Waals surface area contributed by atoms with Crippen molar-refractivity contribution in [2.45, 2.75) is 52.5 Å². The highest BCUT2D eigenvalue weighted by molar-refractivity contribution is 5.97. The summed E-state index contributed by atoms with van der Waals surface area (Å²) in [6.07, 6.45) is 4.14. The Morgan fingerprint density at radius 2 is 2.02 bits per heavy atom. The minimum absolute atomic E-state index is 0. The number of amides is 3. The van der Waals surface area contributed by atoms with E-state index < -0.39 is 12.0 Å². The van der Waals surface area contributed by atoms with Crippen LogP contribution in [0, 0.1) is 6.92 Å². The van der Waals surface area contributed by atoms with Crippen LogP contribution in [0.3, 0.4) is 0 Å². The van der Waals surface area contributed by atoms with Gasteiger partial charge in [0.25, 0.3) is 0 Å². The van der Waals surface area contributed by atoms with Crippen LogP contribution in [0.2, 0.25) is 0 Å². The van der Waals surface area contributed by atoms with Crippen LogP contribution in [0.1, 0.15) is 55.8 Å². The zero-order chi connectivity index (χ0) is 29.5. The predicted octanol–water partition coefficient (Wildman–Crippen LogP) is 4.50. The normalized spacial score (nSPS) is 16.2. The van der Waals surface area contributed by atoms with E-state index in [1.54, 1.807) is 16.1 Å². The van der Waals surface area contributed by atoms with Crippen molar-refractivity contribution in [1.82, 2.24) is 20.4 Å². The first-order valence-electron chi connectivity index (χ1n) is 14.4. The summed E-state index contributed by atoms with van der Waals surface area (Å²) in [6, 6.07) is 13.1. The number of nitrogens with zero attached hydrogens (tertiary/aromatic N) is 3. The maximum atomic E-state index is 13.0. The van der Waals surface area contributed by atoms with Crippen LogP contribution in [0.15, 0.2) is 58.1 Å². The molecular weight excluding hydrogens is 550 g/mol. The number of carboxylic acid groups (broad SMARTS) is 1. The molecule has 11 heteroatoms. The van der Waals surface area contributed by atoms with Gasteiger partial charge < -0.3 is 29.4 Å². The second-order valence-corrected chi connectivity index (χ2v) is 10.7. The summed E-state index contributed by atoms with van der Waals surface area (Å²) in [5, 5.41) is 16.4. The highest BCUT2D eigenvalue weighted by Gasteiger charge is 2.35. The molecule has 1 fully saturated rings. The number of carbonyl (C=O) groups is 3. The summed E-state index contributed by atoms with van der Waals surface area (Å²) in [4.78, 5) is 44.2. The van der Waals surface area contributed by atoms with E-state index in [-0.39, 0.29) is 32.2 Å². The molecule has 0 bridgehead atoms. The SMILES string of the molecule is C.Cc1ccc2ccoc2c1.O=C(O)CC(c1ccc2c(c1)OCC2)N1CCN(CCCC(=O)NC2=NCCCN2)C1=O. The smallest absolute Gasteiger partial charge is 0.320 e. The summed E-state index contributed by atoms with van der Waals surface area (Å²) in [6.45, 7) is 5.57. The lowest BCUT2D eigenvalue weighted by atomic mass is 10.00. The van der Waals surface area contributed by atoms with Crippen LogP contribution in [-0.4, -0.2) is 78.1 Å². The molecule has 1 saturated heterocycles. The van der Waals surface area contributed by atoms with E-state index in [9.17, 15) is 19.5 Å². The van der Waals surface area contributed by atoms with Gasteiger partial charge in [-0.15, -0.1) is 0 Å². The molecule has 1 unspecified atom stereocenters. The Labute approximate surface area is 251 Å². The fraction of sp³-hybridized carbons (Fsp3) is 0.438. The quantitative estimate of drug-likeness (QED) is 0.351. The fourth-order valence-corrected chi connectivity index (χ4v) is 5.36. The average molecular weight is 592 g/mol. The maximum Gasteiger partial charge on any atom is 0.320 e. The molecule has 1 aromatic heterocycles. The van der Waals surface area contributed by atoms with Gasteiger partial charge in [-0.25, -0.2) is 4.79 Å². The van der Waals surface area contributed by atoms with Crippen LogP contribution >= 0.6 is 0 Å². The lowest BCUT2D eigenvalue weighted by molar-refractivity contribution is -0.138. The molecule has 1 atom stereocenters. The molecule has 2 aromatic carbocycles. The molecule has 0 aliphatic carbocycles. The first kappa shape index (κ1) is 31.4. The second-order valence-electron chi connectivity index (χ2n) is 10.7. The molecule has 0 radical (unpaired) electrons. The summed E-state index contributed by atoms with van der Waals surface area (Å²) in [5.41, 5.74) is 4.08. The number of fused-ring (bicyclic) bond motifs is 2. The highest BCUT2D eigenvalue weighted by atomic mass is 16.5. The van der Waals surface area contributed by atoms with Gasteiger partial charge in [0, 0.05) is 51.0 Å². The second kappa shape index (κ2) is 14.6. The molecule has 3 aliphatic rings. The topological polar surface area (TPSA) is 137 Å². The zero-order valence-corrected chi connectivity index (χ0v) is 23.8. The minimum Gasteiger partial charge on any atom is -0.493 e. The first-order chi connectivity index (χ1) is 20.4. The predicted molar refractivity (Wildman–Crippen MR) is 164 cm³/mol. The van der Waals surface area contributed by atoms with Crippen molar-refractivity contribution in [2.75, 3.05) is 39.3 Å². The third-order valence-electron chi connectivity index (χ3n) is 7.57. The lowest BCUT2D eigenvalue weighted by Crippen LogP contribution is -2.43.